The lowest BCUT2D eigenvalue weighted by Crippen LogP contribution is -2.26. The lowest BCUT2D eigenvalue weighted by atomic mass is 10.1. The highest BCUT2D eigenvalue weighted by Gasteiger charge is 2.05. The van der Waals surface area contributed by atoms with Crippen LogP contribution in [-0.4, -0.2) is 31.3 Å². The Bertz CT molecular complexity index is 477. The molecule has 0 atom stereocenters. The van der Waals surface area contributed by atoms with Crippen LogP contribution in [0.1, 0.15) is 11.1 Å². The maximum atomic E-state index is 13.4. The second-order valence-corrected chi connectivity index (χ2v) is 3.48. The van der Waals surface area contributed by atoms with Gasteiger partial charge in [-0.15, -0.1) is 0 Å². The molecule has 2 N–H and O–H groups in total. The van der Waals surface area contributed by atoms with Crippen molar-refractivity contribution < 1.29 is 19.0 Å². The molecule has 0 aliphatic carbocycles. The smallest absolute Gasteiger partial charge is 0.246 e. The Morgan fingerprint density at radius 2 is 2.33 bits per heavy atom. The van der Waals surface area contributed by atoms with Gasteiger partial charge in [0.05, 0.1) is 0 Å². The van der Waals surface area contributed by atoms with Crippen LogP contribution in [0.5, 0.6) is 0 Å². The minimum atomic E-state index is -0.415. The van der Waals surface area contributed by atoms with E-state index in [1.54, 1.807) is 0 Å². The third-order valence-electron chi connectivity index (χ3n) is 2.11. The summed E-state index contributed by atoms with van der Waals surface area (Å²) in [4.78, 5) is 11.2. The van der Waals surface area contributed by atoms with Crippen molar-refractivity contribution in [3.8, 4) is 11.8 Å². The van der Waals surface area contributed by atoms with Crippen molar-refractivity contribution in [3.63, 3.8) is 0 Å². The molecule has 18 heavy (non-hydrogen) atoms. The van der Waals surface area contributed by atoms with Gasteiger partial charge in [0.25, 0.3) is 0 Å². The number of nitrogens with one attached hydrogen (secondary N) is 1. The number of amides is 1. The van der Waals surface area contributed by atoms with Crippen LogP contribution in [0.3, 0.4) is 0 Å². The molecule has 4 nitrogen and oxygen atoms in total. The summed E-state index contributed by atoms with van der Waals surface area (Å²) < 4.78 is 18.1. The van der Waals surface area contributed by atoms with E-state index >= 15 is 0 Å². The Balaban J connectivity index is 2.72. The number of methoxy groups -OCH3 is 1. The molecule has 0 spiro atoms. The lowest BCUT2D eigenvalue weighted by molar-refractivity contribution is -0.124. The van der Waals surface area contributed by atoms with Gasteiger partial charge in [-0.3, -0.25) is 4.79 Å². The summed E-state index contributed by atoms with van der Waals surface area (Å²) in [6.07, 6.45) is 0. The first-order valence-electron chi connectivity index (χ1n) is 5.31. The standard InChI is InChI=1S/C13H14FNO3/c1-18-9-13(17)15-8-11-7-10(3-2-6-16)4-5-12(11)14/h4-5,7,16H,6,8-9H2,1H3,(H,15,17). The molecule has 0 radical (unpaired) electrons. The molecule has 0 unspecified atom stereocenters. The van der Waals surface area contributed by atoms with Crippen molar-refractivity contribution >= 4 is 5.91 Å². The zero-order valence-corrected chi connectivity index (χ0v) is 10.00. The van der Waals surface area contributed by atoms with E-state index in [2.05, 4.69) is 21.9 Å². The number of carbonyl (C=O) groups excluding carboxylic acids is 1. The van der Waals surface area contributed by atoms with Crippen LogP contribution in [-0.2, 0) is 16.1 Å². The molecule has 0 aliphatic rings. The average molecular weight is 251 g/mol. The van der Waals surface area contributed by atoms with Crippen molar-refractivity contribution in [2.24, 2.45) is 0 Å². The highest BCUT2D eigenvalue weighted by Crippen LogP contribution is 2.09. The first-order chi connectivity index (χ1) is 8.67. The highest BCUT2D eigenvalue weighted by atomic mass is 19.1. The summed E-state index contributed by atoms with van der Waals surface area (Å²) in [7, 11) is 1.41. The van der Waals surface area contributed by atoms with Crippen molar-refractivity contribution in [2.75, 3.05) is 20.3 Å². The molecule has 0 saturated heterocycles. The summed E-state index contributed by atoms with van der Waals surface area (Å²) in [5.74, 6) is 4.41. The SMILES string of the molecule is COCC(=O)NCc1cc(C#CCO)ccc1F. The summed E-state index contributed by atoms with van der Waals surface area (Å²) in [5, 5.41) is 11.1. The summed E-state index contributed by atoms with van der Waals surface area (Å²) in [6, 6.07) is 4.32. The number of aliphatic hydroxyl groups excluding tert-OH is 1. The zero-order chi connectivity index (χ0) is 13.4. The second-order valence-electron chi connectivity index (χ2n) is 3.48. The van der Waals surface area contributed by atoms with E-state index in [0.29, 0.717) is 11.1 Å². The minimum Gasteiger partial charge on any atom is -0.384 e. The Labute approximate surface area is 105 Å². The van der Waals surface area contributed by atoms with E-state index in [-0.39, 0.29) is 25.7 Å². The van der Waals surface area contributed by atoms with E-state index in [4.69, 9.17) is 5.11 Å². The molecule has 0 aliphatic heterocycles. The average Bonchev–Trinajstić information content (AvgIpc) is 2.36. The molecule has 0 aromatic heterocycles. The first-order valence-corrected chi connectivity index (χ1v) is 5.31. The second kappa shape index (κ2) is 7.43. The summed E-state index contributed by atoms with van der Waals surface area (Å²) in [6.45, 7) is -0.244. The summed E-state index contributed by atoms with van der Waals surface area (Å²) >= 11 is 0. The minimum absolute atomic E-state index is 0.0639. The Kier molecular flexibility index (Phi) is 5.85. The number of rotatable bonds is 4. The Morgan fingerprint density at radius 3 is 3.00 bits per heavy atom. The predicted molar refractivity (Wildman–Crippen MR) is 64.1 cm³/mol. The van der Waals surface area contributed by atoms with Gasteiger partial charge in [-0.1, -0.05) is 11.8 Å². The Hall–Kier alpha value is -1.90. The molecule has 96 valence electrons. The maximum Gasteiger partial charge on any atom is 0.246 e. The van der Waals surface area contributed by atoms with E-state index in [1.165, 1.54) is 25.3 Å². The predicted octanol–water partition coefficient (Wildman–Crippen LogP) is 0.432. The van der Waals surface area contributed by atoms with E-state index < -0.39 is 5.82 Å². The molecule has 1 aromatic rings. The van der Waals surface area contributed by atoms with Gasteiger partial charge in [0, 0.05) is 24.8 Å². The molecule has 1 rings (SSSR count). The summed E-state index contributed by atoms with van der Waals surface area (Å²) in [5.41, 5.74) is 0.922. The molecule has 0 bridgehead atoms. The van der Waals surface area contributed by atoms with Gasteiger partial charge in [-0.2, -0.15) is 0 Å². The number of aliphatic hydroxyl groups is 1. The molecule has 5 heteroatoms. The van der Waals surface area contributed by atoms with Crippen LogP contribution in [0.4, 0.5) is 4.39 Å². The zero-order valence-electron chi connectivity index (χ0n) is 10.00. The highest BCUT2D eigenvalue weighted by molar-refractivity contribution is 5.77. The fraction of sp³-hybridized carbons (Fsp3) is 0.308. The van der Waals surface area contributed by atoms with E-state index in [1.807, 2.05) is 0 Å². The van der Waals surface area contributed by atoms with Gasteiger partial charge in [-0.25, -0.2) is 4.39 Å². The van der Waals surface area contributed by atoms with Gasteiger partial charge >= 0.3 is 0 Å². The van der Waals surface area contributed by atoms with Gasteiger partial charge in [0.2, 0.25) is 5.91 Å². The molecule has 1 amide bonds. The molecule has 0 heterocycles. The normalized spacial score (nSPS) is 9.50. The maximum absolute atomic E-state index is 13.4. The Morgan fingerprint density at radius 1 is 1.56 bits per heavy atom. The van der Waals surface area contributed by atoms with Crippen LogP contribution < -0.4 is 5.32 Å². The fourth-order valence-electron chi connectivity index (χ4n) is 1.31. The van der Waals surface area contributed by atoms with Crippen molar-refractivity contribution in [3.05, 3.63) is 35.1 Å². The van der Waals surface area contributed by atoms with Crippen molar-refractivity contribution in [1.29, 1.82) is 0 Å². The number of benzene rings is 1. The quantitative estimate of drug-likeness (QED) is 0.763. The number of ether oxygens (including phenoxy) is 1. The molecule has 0 fully saturated rings. The van der Waals surface area contributed by atoms with Crippen molar-refractivity contribution in [1.82, 2.24) is 5.32 Å². The largest absolute Gasteiger partial charge is 0.384 e. The molecular weight excluding hydrogens is 237 g/mol. The number of hydrogen-bond acceptors (Lipinski definition) is 3. The van der Waals surface area contributed by atoms with Crippen molar-refractivity contribution in [2.45, 2.75) is 6.54 Å². The number of halogens is 1. The van der Waals surface area contributed by atoms with Crippen LogP contribution in [0.2, 0.25) is 0 Å². The van der Waals surface area contributed by atoms with E-state index in [0.717, 1.165) is 0 Å². The topological polar surface area (TPSA) is 58.6 Å². The van der Waals surface area contributed by atoms with E-state index in [9.17, 15) is 9.18 Å². The van der Waals surface area contributed by atoms with Crippen LogP contribution in [0.15, 0.2) is 18.2 Å². The van der Waals surface area contributed by atoms with Gasteiger partial charge in [0.1, 0.15) is 19.0 Å². The third-order valence-corrected chi connectivity index (χ3v) is 2.11. The fourth-order valence-corrected chi connectivity index (χ4v) is 1.31. The third kappa shape index (κ3) is 4.53. The molecular formula is C13H14FNO3. The van der Waals surface area contributed by atoms with Crippen LogP contribution in [0.25, 0.3) is 0 Å². The van der Waals surface area contributed by atoms with Gasteiger partial charge in [-0.05, 0) is 18.2 Å². The monoisotopic (exact) mass is 251 g/mol. The number of hydrogen-bond donors (Lipinski definition) is 2. The first kappa shape index (κ1) is 14.2. The lowest BCUT2D eigenvalue weighted by Gasteiger charge is -2.06. The number of carbonyl (C=O) groups is 1. The van der Waals surface area contributed by atoms with Gasteiger partial charge < -0.3 is 15.2 Å². The van der Waals surface area contributed by atoms with Crippen LogP contribution in [0, 0.1) is 17.7 Å². The van der Waals surface area contributed by atoms with Crippen LogP contribution >= 0.6 is 0 Å². The molecule has 0 saturated carbocycles. The molecule has 1 aromatic carbocycles. The van der Waals surface area contributed by atoms with Gasteiger partial charge in [0.15, 0.2) is 0 Å².